The lowest BCUT2D eigenvalue weighted by atomic mass is 10.0. The Labute approximate surface area is 94.0 Å². The summed E-state index contributed by atoms with van der Waals surface area (Å²) in [6, 6.07) is 0. The van der Waals surface area contributed by atoms with Gasteiger partial charge in [0, 0.05) is 19.7 Å². The molecule has 3 heteroatoms. The summed E-state index contributed by atoms with van der Waals surface area (Å²) in [4.78, 5) is 2.42. The van der Waals surface area contributed by atoms with Gasteiger partial charge in [0.1, 0.15) is 0 Å². The SMILES string of the molecule is CCC(CN)CN(C)CC1CCCOC1. The van der Waals surface area contributed by atoms with Gasteiger partial charge in [-0.3, -0.25) is 0 Å². The molecule has 0 aromatic rings. The Hall–Kier alpha value is -0.120. The molecule has 0 bridgehead atoms. The molecule has 1 saturated heterocycles. The molecule has 0 aromatic heterocycles. The largest absolute Gasteiger partial charge is 0.381 e. The van der Waals surface area contributed by atoms with Crippen molar-refractivity contribution < 1.29 is 4.74 Å². The maximum atomic E-state index is 5.71. The van der Waals surface area contributed by atoms with E-state index in [1.807, 2.05) is 0 Å². The van der Waals surface area contributed by atoms with Gasteiger partial charge in [-0.05, 0) is 38.3 Å². The summed E-state index contributed by atoms with van der Waals surface area (Å²) in [5, 5.41) is 0. The van der Waals surface area contributed by atoms with E-state index in [1.54, 1.807) is 0 Å². The first-order chi connectivity index (χ1) is 7.26. The first-order valence-electron chi connectivity index (χ1n) is 6.22. The van der Waals surface area contributed by atoms with E-state index >= 15 is 0 Å². The maximum Gasteiger partial charge on any atom is 0.0506 e. The van der Waals surface area contributed by atoms with Crippen LogP contribution in [0.25, 0.3) is 0 Å². The summed E-state index contributed by atoms with van der Waals surface area (Å²) in [6.07, 6.45) is 3.73. The first-order valence-corrected chi connectivity index (χ1v) is 6.22. The van der Waals surface area contributed by atoms with Crippen LogP contribution in [-0.4, -0.2) is 44.8 Å². The van der Waals surface area contributed by atoms with Gasteiger partial charge in [0.2, 0.25) is 0 Å². The van der Waals surface area contributed by atoms with E-state index in [4.69, 9.17) is 10.5 Å². The van der Waals surface area contributed by atoms with Gasteiger partial charge in [0.05, 0.1) is 6.61 Å². The Morgan fingerprint density at radius 1 is 1.53 bits per heavy atom. The number of hydrogen-bond acceptors (Lipinski definition) is 3. The summed E-state index contributed by atoms with van der Waals surface area (Å²) >= 11 is 0. The zero-order chi connectivity index (χ0) is 11.1. The van der Waals surface area contributed by atoms with Crippen molar-refractivity contribution in [3.05, 3.63) is 0 Å². The smallest absolute Gasteiger partial charge is 0.0506 e. The van der Waals surface area contributed by atoms with Crippen LogP contribution >= 0.6 is 0 Å². The Bertz CT molecular complexity index is 154. The molecule has 2 N–H and O–H groups in total. The van der Waals surface area contributed by atoms with E-state index in [2.05, 4.69) is 18.9 Å². The van der Waals surface area contributed by atoms with Crippen molar-refractivity contribution in [1.29, 1.82) is 0 Å². The summed E-state index contributed by atoms with van der Waals surface area (Å²) in [6.45, 7) is 7.22. The Kier molecular flexibility index (Phi) is 6.22. The van der Waals surface area contributed by atoms with E-state index in [9.17, 15) is 0 Å². The fraction of sp³-hybridized carbons (Fsp3) is 1.00. The second kappa shape index (κ2) is 7.20. The standard InChI is InChI=1S/C12H26N2O/c1-3-11(7-13)8-14(2)9-12-5-4-6-15-10-12/h11-12H,3-10,13H2,1-2H3. The molecule has 2 atom stereocenters. The first kappa shape index (κ1) is 12.9. The van der Waals surface area contributed by atoms with E-state index in [0.29, 0.717) is 5.92 Å². The third-order valence-corrected chi connectivity index (χ3v) is 3.31. The molecule has 2 unspecified atom stereocenters. The third kappa shape index (κ3) is 4.96. The van der Waals surface area contributed by atoms with Crippen molar-refractivity contribution in [2.75, 3.05) is 39.9 Å². The molecule has 0 saturated carbocycles. The van der Waals surface area contributed by atoms with Crippen LogP contribution in [-0.2, 0) is 4.74 Å². The highest BCUT2D eigenvalue weighted by atomic mass is 16.5. The predicted molar refractivity (Wildman–Crippen MR) is 63.9 cm³/mol. The zero-order valence-corrected chi connectivity index (χ0v) is 10.2. The fourth-order valence-electron chi connectivity index (χ4n) is 2.28. The van der Waals surface area contributed by atoms with Crippen LogP contribution < -0.4 is 5.73 Å². The molecule has 1 aliphatic heterocycles. The number of nitrogens with two attached hydrogens (primary N) is 1. The quantitative estimate of drug-likeness (QED) is 0.725. The van der Waals surface area contributed by atoms with E-state index in [-0.39, 0.29) is 0 Å². The molecular weight excluding hydrogens is 188 g/mol. The van der Waals surface area contributed by atoms with Gasteiger partial charge in [0.25, 0.3) is 0 Å². The van der Waals surface area contributed by atoms with Gasteiger partial charge >= 0.3 is 0 Å². The molecule has 1 fully saturated rings. The number of hydrogen-bond donors (Lipinski definition) is 1. The lowest BCUT2D eigenvalue weighted by Gasteiger charge is -2.29. The van der Waals surface area contributed by atoms with Crippen molar-refractivity contribution in [2.24, 2.45) is 17.6 Å². The fourth-order valence-corrected chi connectivity index (χ4v) is 2.28. The number of nitrogens with zero attached hydrogens (tertiary/aromatic N) is 1. The molecule has 90 valence electrons. The van der Waals surface area contributed by atoms with Crippen molar-refractivity contribution in [3.8, 4) is 0 Å². The van der Waals surface area contributed by atoms with Crippen molar-refractivity contribution in [2.45, 2.75) is 26.2 Å². The highest BCUT2D eigenvalue weighted by Gasteiger charge is 2.17. The lowest BCUT2D eigenvalue weighted by molar-refractivity contribution is 0.0402. The summed E-state index contributed by atoms with van der Waals surface area (Å²) in [5.74, 6) is 1.39. The predicted octanol–water partition coefficient (Wildman–Crippen LogP) is 1.33. The van der Waals surface area contributed by atoms with Crippen molar-refractivity contribution in [3.63, 3.8) is 0 Å². The van der Waals surface area contributed by atoms with Gasteiger partial charge in [-0.25, -0.2) is 0 Å². The highest BCUT2D eigenvalue weighted by molar-refractivity contribution is 4.69. The van der Waals surface area contributed by atoms with Crippen molar-refractivity contribution in [1.82, 2.24) is 4.90 Å². The van der Waals surface area contributed by atoms with Crippen LogP contribution in [0, 0.1) is 11.8 Å². The molecule has 0 amide bonds. The van der Waals surface area contributed by atoms with Crippen LogP contribution in [0.15, 0.2) is 0 Å². The Morgan fingerprint density at radius 2 is 2.33 bits per heavy atom. The zero-order valence-electron chi connectivity index (χ0n) is 10.2. The summed E-state index contributed by atoms with van der Waals surface area (Å²) < 4.78 is 5.49. The molecule has 3 nitrogen and oxygen atoms in total. The minimum atomic E-state index is 0.652. The van der Waals surface area contributed by atoms with Crippen molar-refractivity contribution >= 4 is 0 Å². The molecular formula is C12H26N2O. The number of rotatable bonds is 6. The van der Waals surface area contributed by atoms with E-state index in [1.165, 1.54) is 19.3 Å². The normalized spacial score (nSPS) is 24.4. The Balaban J connectivity index is 2.18. The van der Waals surface area contributed by atoms with Crippen LogP contribution in [0.4, 0.5) is 0 Å². The number of ether oxygens (including phenoxy) is 1. The van der Waals surface area contributed by atoms with Gasteiger partial charge in [-0.2, -0.15) is 0 Å². The molecule has 0 aromatic carbocycles. The molecule has 1 rings (SSSR count). The topological polar surface area (TPSA) is 38.5 Å². The molecule has 0 aliphatic carbocycles. The van der Waals surface area contributed by atoms with E-state index < -0.39 is 0 Å². The van der Waals surface area contributed by atoms with Gasteiger partial charge in [-0.1, -0.05) is 13.3 Å². The molecule has 1 heterocycles. The average molecular weight is 214 g/mol. The second-order valence-electron chi connectivity index (χ2n) is 4.81. The monoisotopic (exact) mass is 214 g/mol. The minimum absolute atomic E-state index is 0.652. The summed E-state index contributed by atoms with van der Waals surface area (Å²) in [7, 11) is 2.20. The van der Waals surface area contributed by atoms with Crippen LogP contribution in [0.1, 0.15) is 26.2 Å². The molecule has 15 heavy (non-hydrogen) atoms. The van der Waals surface area contributed by atoms with Crippen LogP contribution in [0.3, 0.4) is 0 Å². The van der Waals surface area contributed by atoms with E-state index in [0.717, 1.165) is 38.8 Å². The Morgan fingerprint density at radius 3 is 2.87 bits per heavy atom. The van der Waals surface area contributed by atoms with Gasteiger partial charge in [-0.15, -0.1) is 0 Å². The third-order valence-electron chi connectivity index (χ3n) is 3.31. The second-order valence-corrected chi connectivity index (χ2v) is 4.81. The van der Waals surface area contributed by atoms with Crippen LogP contribution in [0.2, 0.25) is 0 Å². The molecule has 0 spiro atoms. The minimum Gasteiger partial charge on any atom is -0.381 e. The average Bonchev–Trinajstić information content (AvgIpc) is 2.27. The van der Waals surface area contributed by atoms with Gasteiger partial charge < -0.3 is 15.4 Å². The maximum absolute atomic E-state index is 5.71. The van der Waals surface area contributed by atoms with Gasteiger partial charge in [0.15, 0.2) is 0 Å². The lowest BCUT2D eigenvalue weighted by Crippen LogP contribution is -2.35. The summed E-state index contributed by atoms with van der Waals surface area (Å²) in [5.41, 5.74) is 5.71. The highest BCUT2D eigenvalue weighted by Crippen LogP contribution is 2.15. The molecule has 1 aliphatic rings. The molecule has 0 radical (unpaired) electrons. The van der Waals surface area contributed by atoms with Crippen LogP contribution in [0.5, 0.6) is 0 Å².